The van der Waals surface area contributed by atoms with Crippen LogP contribution < -0.4 is 4.90 Å². The summed E-state index contributed by atoms with van der Waals surface area (Å²) in [6.07, 6.45) is 0. The lowest BCUT2D eigenvalue weighted by Crippen LogP contribution is -2.22. The molecular weight excluding hydrogens is 254 g/mol. The molecule has 100 valence electrons. The summed E-state index contributed by atoms with van der Waals surface area (Å²) in [5, 5.41) is 0. The van der Waals surface area contributed by atoms with E-state index in [-0.39, 0.29) is 0 Å². The molecule has 0 fully saturated rings. The average Bonchev–Trinajstić information content (AvgIpc) is 2.46. The van der Waals surface area contributed by atoms with Gasteiger partial charge in [0.2, 0.25) is 0 Å². The standard InChI is InChI=1S/C17H20ClN/c1-3-19(13-15-7-5-4-6-8-15)17-10-9-16(12-18)11-14(17)2/h4-11H,3,12-13H2,1-2H3. The van der Waals surface area contributed by atoms with E-state index in [9.17, 15) is 0 Å². The van der Waals surface area contributed by atoms with Crippen molar-refractivity contribution < 1.29 is 0 Å². The van der Waals surface area contributed by atoms with Crippen molar-refractivity contribution in [1.82, 2.24) is 0 Å². The van der Waals surface area contributed by atoms with Crippen LogP contribution in [0.4, 0.5) is 5.69 Å². The Balaban J connectivity index is 2.22. The van der Waals surface area contributed by atoms with E-state index in [0.717, 1.165) is 13.1 Å². The van der Waals surface area contributed by atoms with Crippen LogP contribution in [0, 0.1) is 6.92 Å². The van der Waals surface area contributed by atoms with Gasteiger partial charge in [-0.3, -0.25) is 0 Å². The molecule has 0 aliphatic heterocycles. The Labute approximate surface area is 120 Å². The highest BCUT2D eigenvalue weighted by Gasteiger charge is 2.08. The number of halogens is 1. The van der Waals surface area contributed by atoms with Crippen LogP contribution >= 0.6 is 11.6 Å². The van der Waals surface area contributed by atoms with Gasteiger partial charge in [-0.25, -0.2) is 0 Å². The van der Waals surface area contributed by atoms with Crippen molar-refractivity contribution in [3.63, 3.8) is 0 Å². The Bertz CT molecular complexity index is 522. The first-order valence-electron chi connectivity index (χ1n) is 6.69. The molecule has 0 N–H and O–H groups in total. The van der Waals surface area contributed by atoms with Crippen LogP contribution in [0.1, 0.15) is 23.6 Å². The third-order valence-electron chi connectivity index (χ3n) is 3.35. The Morgan fingerprint density at radius 2 is 1.74 bits per heavy atom. The molecule has 0 atom stereocenters. The molecule has 2 aromatic rings. The predicted molar refractivity (Wildman–Crippen MR) is 83.9 cm³/mol. The highest BCUT2D eigenvalue weighted by Crippen LogP contribution is 2.23. The van der Waals surface area contributed by atoms with Crippen LogP contribution in [-0.2, 0) is 12.4 Å². The largest absolute Gasteiger partial charge is 0.367 e. The van der Waals surface area contributed by atoms with Gasteiger partial charge in [-0.2, -0.15) is 0 Å². The third kappa shape index (κ3) is 3.51. The Hall–Kier alpha value is -1.47. The van der Waals surface area contributed by atoms with Gasteiger partial charge in [0.1, 0.15) is 0 Å². The van der Waals surface area contributed by atoms with Gasteiger partial charge in [-0.05, 0) is 36.6 Å². The minimum atomic E-state index is 0.575. The molecule has 0 unspecified atom stereocenters. The van der Waals surface area contributed by atoms with Gasteiger partial charge in [-0.1, -0.05) is 42.5 Å². The normalized spacial score (nSPS) is 10.5. The smallest absolute Gasteiger partial charge is 0.0474 e. The fraction of sp³-hybridized carbons (Fsp3) is 0.294. The van der Waals surface area contributed by atoms with Gasteiger partial charge >= 0.3 is 0 Å². The van der Waals surface area contributed by atoms with Crippen molar-refractivity contribution in [3.8, 4) is 0 Å². The summed E-state index contributed by atoms with van der Waals surface area (Å²) in [6, 6.07) is 17.0. The lowest BCUT2D eigenvalue weighted by molar-refractivity contribution is 0.827. The second-order valence-corrected chi connectivity index (χ2v) is 5.02. The summed E-state index contributed by atoms with van der Waals surface area (Å²) in [7, 11) is 0. The average molecular weight is 274 g/mol. The predicted octanol–water partition coefficient (Wildman–Crippen LogP) is 4.76. The van der Waals surface area contributed by atoms with Crippen LogP contribution in [-0.4, -0.2) is 6.54 Å². The van der Waals surface area contributed by atoms with Crippen LogP contribution in [0.2, 0.25) is 0 Å². The third-order valence-corrected chi connectivity index (χ3v) is 3.66. The molecule has 0 aromatic heterocycles. The minimum Gasteiger partial charge on any atom is -0.367 e. The zero-order valence-corrected chi connectivity index (χ0v) is 12.3. The Morgan fingerprint density at radius 1 is 1.00 bits per heavy atom. The fourth-order valence-electron chi connectivity index (χ4n) is 2.33. The lowest BCUT2D eigenvalue weighted by atomic mass is 10.1. The molecule has 0 heterocycles. The van der Waals surface area contributed by atoms with E-state index in [1.54, 1.807) is 0 Å². The van der Waals surface area contributed by atoms with Gasteiger partial charge in [0.05, 0.1) is 0 Å². The molecular formula is C17H20ClN. The quantitative estimate of drug-likeness (QED) is 0.710. The summed E-state index contributed by atoms with van der Waals surface area (Å²) in [5.74, 6) is 0.575. The second-order valence-electron chi connectivity index (χ2n) is 4.75. The zero-order chi connectivity index (χ0) is 13.7. The number of anilines is 1. The molecule has 0 saturated carbocycles. The molecule has 0 saturated heterocycles. The monoisotopic (exact) mass is 273 g/mol. The van der Waals surface area contributed by atoms with E-state index < -0.39 is 0 Å². The molecule has 0 amide bonds. The van der Waals surface area contributed by atoms with E-state index >= 15 is 0 Å². The fourth-order valence-corrected chi connectivity index (χ4v) is 2.49. The number of aryl methyl sites for hydroxylation is 1. The Kier molecular flexibility index (Phi) is 4.86. The van der Waals surface area contributed by atoms with Crippen LogP contribution in [0.5, 0.6) is 0 Å². The number of benzene rings is 2. The van der Waals surface area contributed by atoms with Gasteiger partial charge in [0, 0.05) is 24.7 Å². The molecule has 0 radical (unpaired) electrons. The number of rotatable bonds is 5. The molecule has 19 heavy (non-hydrogen) atoms. The molecule has 2 heteroatoms. The van der Waals surface area contributed by atoms with Gasteiger partial charge in [-0.15, -0.1) is 11.6 Å². The minimum absolute atomic E-state index is 0.575. The van der Waals surface area contributed by atoms with Crippen molar-refractivity contribution in [2.75, 3.05) is 11.4 Å². The van der Waals surface area contributed by atoms with Crippen LogP contribution in [0.25, 0.3) is 0 Å². The van der Waals surface area contributed by atoms with E-state index in [1.807, 2.05) is 0 Å². The Morgan fingerprint density at radius 3 is 2.32 bits per heavy atom. The maximum absolute atomic E-state index is 5.88. The molecule has 0 spiro atoms. The maximum Gasteiger partial charge on any atom is 0.0474 e. The van der Waals surface area contributed by atoms with E-state index in [2.05, 4.69) is 67.3 Å². The molecule has 2 rings (SSSR count). The summed E-state index contributed by atoms with van der Waals surface area (Å²) in [4.78, 5) is 2.39. The SMILES string of the molecule is CCN(Cc1ccccc1)c1ccc(CCl)cc1C. The summed E-state index contributed by atoms with van der Waals surface area (Å²) in [6.45, 7) is 6.28. The molecule has 1 nitrogen and oxygen atoms in total. The van der Waals surface area contributed by atoms with Gasteiger partial charge < -0.3 is 4.90 Å². The highest BCUT2D eigenvalue weighted by atomic mass is 35.5. The molecule has 0 bridgehead atoms. The van der Waals surface area contributed by atoms with Gasteiger partial charge in [0.15, 0.2) is 0 Å². The van der Waals surface area contributed by atoms with E-state index in [0.29, 0.717) is 5.88 Å². The van der Waals surface area contributed by atoms with Crippen molar-refractivity contribution >= 4 is 17.3 Å². The zero-order valence-electron chi connectivity index (χ0n) is 11.6. The van der Waals surface area contributed by atoms with Crippen LogP contribution in [0.15, 0.2) is 48.5 Å². The number of hydrogen-bond donors (Lipinski definition) is 0. The van der Waals surface area contributed by atoms with E-state index in [1.165, 1.54) is 22.4 Å². The van der Waals surface area contributed by atoms with Crippen LogP contribution in [0.3, 0.4) is 0 Å². The van der Waals surface area contributed by atoms with Crippen molar-refractivity contribution in [1.29, 1.82) is 0 Å². The first-order valence-corrected chi connectivity index (χ1v) is 7.22. The van der Waals surface area contributed by atoms with E-state index in [4.69, 9.17) is 11.6 Å². The molecule has 0 aliphatic rings. The second kappa shape index (κ2) is 6.63. The van der Waals surface area contributed by atoms with Crippen molar-refractivity contribution in [3.05, 3.63) is 65.2 Å². The first-order chi connectivity index (χ1) is 9.24. The number of alkyl halides is 1. The van der Waals surface area contributed by atoms with Gasteiger partial charge in [0.25, 0.3) is 0 Å². The lowest BCUT2D eigenvalue weighted by Gasteiger charge is -2.25. The molecule has 2 aromatic carbocycles. The van der Waals surface area contributed by atoms with Crippen molar-refractivity contribution in [2.45, 2.75) is 26.3 Å². The highest BCUT2D eigenvalue weighted by molar-refractivity contribution is 6.17. The summed E-state index contributed by atoms with van der Waals surface area (Å²) >= 11 is 5.88. The number of hydrogen-bond acceptors (Lipinski definition) is 1. The summed E-state index contributed by atoms with van der Waals surface area (Å²) < 4.78 is 0. The first kappa shape index (κ1) is 14.0. The number of nitrogens with zero attached hydrogens (tertiary/aromatic N) is 1. The topological polar surface area (TPSA) is 3.24 Å². The summed E-state index contributed by atoms with van der Waals surface area (Å²) in [5.41, 5.74) is 5.10. The maximum atomic E-state index is 5.88. The van der Waals surface area contributed by atoms with Crippen molar-refractivity contribution in [2.24, 2.45) is 0 Å². The molecule has 0 aliphatic carbocycles.